The molecule has 2 aromatic carbocycles. The summed E-state index contributed by atoms with van der Waals surface area (Å²) in [5, 5.41) is 9.93. The van der Waals surface area contributed by atoms with Gasteiger partial charge in [-0.3, -0.25) is 9.13 Å². The molecule has 8 aromatic rings. The van der Waals surface area contributed by atoms with Crippen molar-refractivity contribution in [2.24, 2.45) is 4.36 Å². The Bertz CT molecular complexity index is 4120. The molecule has 0 bridgehead atoms. The monoisotopic (exact) mass is 1440 g/mol. The SMILES string of the molecule is CO[C@@H]1CO[C@H]2[C@@H]1OC[C@H]2Oc1cc2nc(-c3ccc(-c4ccc(N=S(C)(C)=O)cc4)cc3)c(F)cc2[nH]1.CO[C@@H]1CO[C@H]2[C@@H]1OC[C@H]2Oc1cc2nc(Br)c(F)cc2n1C1CCCCO1.O[C@@H]1CO[C@H]2[C@@H]1OC[C@H]2Oc1cc2nc(Br)c(F)cc2n1C1CCCCO1. The Morgan fingerprint density at radius 2 is 0.989 bits per heavy atom. The lowest BCUT2D eigenvalue weighted by molar-refractivity contribution is -0.0400. The number of pyridine rings is 3. The van der Waals surface area contributed by atoms with E-state index in [0.29, 0.717) is 108 Å². The molecule has 0 radical (unpaired) electrons. The van der Waals surface area contributed by atoms with Gasteiger partial charge in [0.25, 0.3) is 0 Å². The first-order valence-electron chi connectivity index (χ1n) is 31.0. The first-order valence-corrected chi connectivity index (χ1v) is 34.9. The fourth-order valence-corrected chi connectivity index (χ4v) is 14.6. The average molecular weight is 1440 g/mol. The number of aliphatic hydroxyl groups is 1. The second-order valence-electron chi connectivity index (χ2n) is 24.3. The summed E-state index contributed by atoms with van der Waals surface area (Å²) in [5.74, 6) is 0.331. The quantitative estimate of drug-likeness (QED) is 0.102. The van der Waals surface area contributed by atoms with Crippen molar-refractivity contribution in [3.05, 3.63) is 112 Å². The van der Waals surface area contributed by atoms with Crippen LogP contribution in [0.5, 0.6) is 17.6 Å². The Labute approximate surface area is 550 Å². The van der Waals surface area contributed by atoms with Crippen LogP contribution in [0, 0.1) is 17.5 Å². The lowest BCUT2D eigenvalue weighted by atomic mass is 10.0. The van der Waals surface area contributed by atoms with Gasteiger partial charge in [-0.1, -0.05) is 36.4 Å². The maximum Gasteiger partial charge on any atom is 0.198 e. The van der Waals surface area contributed by atoms with Crippen LogP contribution in [-0.4, -0.2) is 191 Å². The topological polar surface area (TPSA) is 234 Å². The van der Waals surface area contributed by atoms with Crippen LogP contribution in [0.1, 0.15) is 51.0 Å². The van der Waals surface area contributed by atoms with Crippen LogP contribution in [0.2, 0.25) is 0 Å². The van der Waals surface area contributed by atoms with Crippen molar-refractivity contribution in [3.63, 3.8) is 0 Å². The molecule has 28 heteroatoms. The highest BCUT2D eigenvalue weighted by atomic mass is 79.9. The number of aliphatic hydroxyl groups excluding tert-OH is 1. The number of H-pyrrole nitrogens is 1. The van der Waals surface area contributed by atoms with Crippen molar-refractivity contribution in [1.82, 2.24) is 29.1 Å². The molecule has 2 unspecified atom stereocenters. The summed E-state index contributed by atoms with van der Waals surface area (Å²) in [4.78, 5) is 16.3. The molecule has 8 saturated heterocycles. The summed E-state index contributed by atoms with van der Waals surface area (Å²) in [6.07, 6.45) is 5.40. The Balaban J connectivity index is 0.000000123. The minimum absolute atomic E-state index is 0.0853. The van der Waals surface area contributed by atoms with E-state index in [1.807, 2.05) is 63.7 Å². The summed E-state index contributed by atoms with van der Waals surface area (Å²) in [5.41, 5.74) is 7.23. The fraction of sp³-hybridized carbons (Fsp3) is 0.492. The van der Waals surface area contributed by atoms with Crippen LogP contribution >= 0.6 is 31.9 Å². The number of ether oxygens (including phenoxy) is 13. The van der Waals surface area contributed by atoms with E-state index >= 15 is 4.39 Å². The highest BCUT2D eigenvalue weighted by Gasteiger charge is 2.52. The van der Waals surface area contributed by atoms with Gasteiger partial charge in [-0.15, -0.1) is 0 Å². The minimum Gasteiger partial charge on any atom is -0.470 e. The molecule has 8 fully saturated rings. The van der Waals surface area contributed by atoms with Gasteiger partial charge >= 0.3 is 0 Å². The molecule has 14 atom stereocenters. The van der Waals surface area contributed by atoms with E-state index in [1.165, 1.54) is 18.2 Å². The number of hydrogen-bond donors (Lipinski definition) is 2. The molecular weight excluding hydrogens is 1370 g/mol. The molecule has 496 valence electrons. The number of fused-ring (bicyclic) bond motifs is 6. The zero-order valence-electron chi connectivity index (χ0n) is 51.2. The maximum atomic E-state index is 15.1. The number of rotatable bonds is 13. The van der Waals surface area contributed by atoms with E-state index in [0.717, 1.165) is 49.7 Å². The van der Waals surface area contributed by atoms with Crippen LogP contribution < -0.4 is 14.2 Å². The molecule has 0 amide bonds. The van der Waals surface area contributed by atoms with Crippen LogP contribution in [-0.2, 0) is 57.1 Å². The van der Waals surface area contributed by atoms with Gasteiger partial charge in [0.15, 0.2) is 53.4 Å². The first-order chi connectivity index (χ1) is 45.0. The summed E-state index contributed by atoms with van der Waals surface area (Å²) < 4.78 is 140. The second kappa shape index (κ2) is 27.4. The Morgan fingerprint density at radius 3 is 1.48 bits per heavy atom. The molecule has 93 heavy (non-hydrogen) atoms. The number of aromatic amines is 1. The van der Waals surface area contributed by atoms with E-state index in [2.05, 4.69) is 56.2 Å². The number of nitrogens with zero attached hydrogens (tertiary/aromatic N) is 6. The third kappa shape index (κ3) is 13.4. The third-order valence-electron chi connectivity index (χ3n) is 17.8. The van der Waals surface area contributed by atoms with Crippen LogP contribution in [0.15, 0.2) is 98.5 Å². The Hall–Kier alpha value is -5.83. The molecule has 8 aliphatic rings. The standard InChI is InChI=1S/C28H28FN3O5S.C19H22BrFN2O5.C18H20BrFN2O5/c1-34-23-14-35-28-24(15-36-27(23)28)37-25-13-22-21(30-25)12-20(29)26(31-22)18-6-4-16(5-7-18)17-8-10-19(11-9-17)32-38(2,3)33;1-24-13-8-26-18-14(9-27-17(13)18)28-16-7-11-12(6-10(21)19(20)22-11)23(16)15-4-2-3-5-25-15;19-18-9(20)5-11-10(21-18)6-15(22(11)14-3-1-2-4-24-14)27-13-8-26-16-12(23)7-25-17(13)16/h4-13,23-24,27-28,30H,14-15H2,1-3H3;6-7,13-15,17-18H,2-5,8-9H2,1H3;5-6,12-14,16-17,23H,1-4,7-8H2/t23-,24-,27-,28-;13-,14-,15?,17-,18-;12-,13-,14?,16-,17-/m111/s1. The van der Waals surface area contributed by atoms with Gasteiger partial charge in [-0.05, 0) is 93.6 Å². The smallest absolute Gasteiger partial charge is 0.198 e. The van der Waals surface area contributed by atoms with Crippen molar-refractivity contribution in [3.8, 4) is 40.0 Å². The number of methoxy groups -OCH3 is 2. The van der Waals surface area contributed by atoms with Crippen molar-refractivity contribution < 1.29 is 84.1 Å². The second-order valence-corrected chi connectivity index (χ2v) is 28.4. The summed E-state index contributed by atoms with van der Waals surface area (Å²) in [6, 6.07) is 24.8. The number of hydrogen-bond acceptors (Lipinski definition) is 19. The van der Waals surface area contributed by atoms with Crippen molar-refractivity contribution in [1.29, 1.82) is 0 Å². The molecule has 0 spiro atoms. The van der Waals surface area contributed by atoms with Gasteiger partial charge in [-0.2, -0.15) is 4.36 Å². The zero-order valence-corrected chi connectivity index (χ0v) is 55.2. The van der Waals surface area contributed by atoms with E-state index in [4.69, 9.17) is 61.6 Å². The van der Waals surface area contributed by atoms with Gasteiger partial charge in [0, 0.05) is 91.6 Å². The van der Waals surface area contributed by atoms with E-state index in [1.54, 1.807) is 38.9 Å². The molecule has 16 rings (SSSR count). The largest absolute Gasteiger partial charge is 0.470 e. The van der Waals surface area contributed by atoms with Crippen LogP contribution in [0.4, 0.5) is 18.9 Å². The number of halogens is 5. The van der Waals surface area contributed by atoms with Crippen molar-refractivity contribution >= 4 is 80.4 Å². The molecule has 8 aliphatic heterocycles. The van der Waals surface area contributed by atoms with Gasteiger partial charge in [0.2, 0.25) is 0 Å². The number of aromatic nitrogens is 6. The van der Waals surface area contributed by atoms with Crippen molar-refractivity contribution in [2.75, 3.05) is 79.6 Å². The Kier molecular flexibility index (Phi) is 19.0. The normalized spacial score (nSPS) is 29.0. The minimum atomic E-state index is -2.22. The Morgan fingerprint density at radius 1 is 0.538 bits per heavy atom. The molecule has 22 nitrogen and oxygen atoms in total. The molecule has 0 aliphatic carbocycles. The lowest BCUT2D eigenvalue weighted by Crippen LogP contribution is -2.35. The lowest BCUT2D eigenvalue weighted by Gasteiger charge is -2.27. The third-order valence-corrected chi connectivity index (χ3v) is 19.6. The molecule has 2 N–H and O–H groups in total. The molecular formula is C65H70Br2F3N7O15S. The number of nitrogens with one attached hydrogen (secondary N) is 1. The van der Waals surface area contributed by atoms with Gasteiger partial charge in [0.05, 0.1) is 78.4 Å². The molecule has 6 aromatic heterocycles. The van der Waals surface area contributed by atoms with Crippen LogP contribution in [0.3, 0.4) is 0 Å². The predicted octanol–water partition coefficient (Wildman–Crippen LogP) is 10.7. The highest BCUT2D eigenvalue weighted by molar-refractivity contribution is 9.10. The zero-order chi connectivity index (χ0) is 64.2. The molecule has 0 saturated carbocycles. The van der Waals surface area contributed by atoms with Crippen LogP contribution in [0.25, 0.3) is 55.5 Å². The van der Waals surface area contributed by atoms with Gasteiger partial charge in [0.1, 0.15) is 82.3 Å². The maximum absolute atomic E-state index is 15.1. The fourth-order valence-electron chi connectivity index (χ4n) is 13.3. The van der Waals surface area contributed by atoms with Gasteiger partial charge in [-0.25, -0.2) is 32.3 Å². The molecule has 14 heterocycles. The van der Waals surface area contributed by atoms with E-state index < -0.39 is 33.3 Å². The van der Waals surface area contributed by atoms with Crippen molar-refractivity contribution in [2.45, 2.75) is 124 Å². The predicted molar refractivity (Wildman–Crippen MR) is 341 cm³/mol. The number of benzene rings is 2. The first kappa shape index (κ1) is 64.5. The summed E-state index contributed by atoms with van der Waals surface area (Å²) in [7, 11) is 1.08. The summed E-state index contributed by atoms with van der Waals surface area (Å²) in [6.45, 7) is 3.64. The van der Waals surface area contributed by atoms with Gasteiger partial charge < -0.3 is 71.7 Å². The highest BCUT2D eigenvalue weighted by Crippen LogP contribution is 2.41. The van der Waals surface area contributed by atoms with E-state index in [9.17, 15) is 18.1 Å². The summed E-state index contributed by atoms with van der Waals surface area (Å²) >= 11 is 6.31. The van der Waals surface area contributed by atoms with E-state index in [-0.39, 0.29) is 101 Å². The average Bonchev–Trinajstić information content (AvgIpc) is 1.66.